The van der Waals surface area contributed by atoms with Crippen molar-refractivity contribution < 1.29 is 29.2 Å². The second kappa shape index (κ2) is 9.57. The van der Waals surface area contributed by atoms with Crippen LogP contribution < -0.4 is 9.47 Å². The number of benzene rings is 1. The van der Waals surface area contributed by atoms with Gasteiger partial charge in [0.15, 0.2) is 11.5 Å². The average Bonchev–Trinajstić information content (AvgIpc) is 2.50. The van der Waals surface area contributed by atoms with Crippen molar-refractivity contribution in [3.05, 3.63) is 23.8 Å². The predicted molar refractivity (Wildman–Crippen MR) is 77.7 cm³/mol. The molecule has 0 heterocycles. The minimum Gasteiger partial charge on any atom is -0.493 e. The van der Waals surface area contributed by atoms with E-state index in [0.29, 0.717) is 23.7 Å². The summed E-state index contributed by atoms with van der Waals surface area (Å²) in [7, 11) is 3.12. The van der Waals surface area contributed by atoms with Gasteiger partial charge in [-0.25, -0.2) is 0 Å². The first-order valence-electron chi connectivity index (χ1n) is 6.80. The van der Waals surface area contributed by atoms with Crippen molar-refractivity contribution in [2.45, 2.75) is 25.7 Å². The van der Waals surface area contributed by atoms with Crippen LogP contribution in [0.15, 0.2) is 18.2 Å². The Morgan fingerprint density at radius 2 is 1.90 bits per heavy atom. The van der Waals surface area contributed by atoms with Crippen molar-refractivity contribution in [2.75, 3.05) is 34.0 Å². The molecule has 0 aliphatic carbocycles. The Kier molecular flexibility index (Phi) is 8.07. The molecule has 2 unspecified atom stereocenters. The van der Waals surface area contributed by atoms with Crippen LogP contribution in [0.3, 0.4) is 0 Å². The number of aliphatic hydroxyl groups excluding tert-OH is 2. The first-order valence-corrected chi connectivity index (χ1v) is 6.80. The van der Waals surface area contributed by atoms with Gasteiger partial charge in [-0.2, -0.15) is 0 Å². The highest BCUT2D eigenvalue weighted by Crippen LogP contribution is 2.31. The third-order valence-electron chi connectivity index (χ3n) is 2.85. The molecule has 0 aliphatic rings. The van der Waals surface area contributed by atoms with Crippen LogP contribution in [0.1, 0.15) is 12.5 Å². The highest BCUT2D eigenvalue weighted by atomic mass is 16.5. The smallest absolute Gasteiger partial charge is 0.166 e. The molecule has 0 aliphatic heterocycles. The Bertz CT molecular complexity index is 387. The molecule has 0 saturated heterocycles. The van der Waals surface area contributed by atoms with Crippen LogP contribution in [0.5, 0.6) is 11.5 Å². The molecule has 1 aromatic rings. The van der Waals surface area contributed by atoms with E-state index in [0.717, 1.165) is 0 Å². The predicted octanol–water partition coefficient (Wildman–Crippen LogP) is 0.979. The highest BCUT2D eigenvalue weighted by Gasteiger charge is 2.13. The summed E-state index contributed by atoms with van der Waals surface area (Å²) >= 11 is 0. The molecule has 21 heavy (non-hydrogen) atoms. The number of rotatable bonds is 10. The minimum atomic E-state index is -0.777. The van der Waals surface area contributed by atoms with Crippen molar-refractivity contribution in [2.24, 2.45) is 0 Å². The van der Waals surface area contributed by atoms with Gasteiger partial charge in [-0.3, -0.25) is 0 Å². The zero-order chi connectivity index (χ0) is 15.7. The van der Waals surface area contributed by atoms with E-state index in [9.17, 15) is 10.2 Å². The van der Waals surface area contributed by atoms with E-state index < -0.39 is 6.10 Å². The standard InChI is InChI=1S/C15H24O6/c1-11(8-18-2)20-9-13(17)10-21-15-12(7-16)5-4-6-14(15)19-3/h4-6,11,13,16-17H,7-10H2,1-3H3. The van der Waals surface area contributed by atoms with E-state index in [4.69, 9.17) is 18.9 Å². The van der Waals surface area contributed by atoms with Gasteiger partial charge in [0.05, 0.1) is 33.0 Å². The molecule has 0 amide bonds. The lowest BCUT2D eigenvalue weighted by Gasteiger charge is -2.18. The topological polar surface area (TPSA) is 77.4 Å². The Morgan fingerprint density at radius 3 is 2.52 bits per heavy atom. The first kappa shape index (κ1) is 17.7. The average molecular weight is 300 g/mol. The van der Waals surface area contributed by atoms with Crippen LogP contribution in [-0.4, -0.2) is 56.5 Å². The molecule has 2 N–H and O–H groups in total. The summed E-state index contributed by atoms with van der Waals surface area (Å²) < 4.78 is 21.1. The third kappa shape index (κ3) is 5.89. The van der Waals surface area contributed by atoms with Crippen LogP contribution in [-0.2, 0) is 16.1 Å². The largest absolute Gasteiger partial charge is 0.493 e. The van der Waals surface area contributed by atoms with E-state index in [1.807, 2.05) is 6.92 Å². The van der Waals surface area contributed by atoms with E-state index in [-0.39, 0.29) is 25.9 Å². The second-order valence-corrected chi connectivity index (χ2v) is 4.67. The molecule has 0 fully saturated rings. The number of para-hydroxylation sites is 1. The van der Waals surface area contributed by atoms with Crippen LogP contribution in [0.2, 0.25) is 0 Å². The monoisotopic (exact) mass is 300 g/mol. The van der Waals surface area contributed by atoms with Crippen molar-refractivity contribution in [3.8, 4) is 11.5 Å². The number of hydrogen-bond acceptors (Lipinski definition) is 6. The van der Waals surface area contributed by atoms with Crippen LogP contribution in [0.25, 0.3) is 0 Å². The molecule has 0 saturated carbocycles. The molecule has 2 atom stereocenters. The molecule has 0 radical (unpaired) electrons. The summed E-state index contributed by atoms with van der Waals surface area (Å²) in [5.74, 6) is 0.953. The fraction of sp³-hybridized carbons (Fsp3) is 0.600. The van der Waals surface area contributed by atoms with Crippen LogP contribution >= 0.6 is 0 Å². The molecular formula is C15H24O6. The summed E-state index contributed by atoms with van der Waals surface area (Å²) in [6, 6.07) is 5.24. The van der Waals surface area contributed by atoms with Gasteiger partial charge in [-0.05, 0) is 13.0 Å². The molecule has 120 valence electrons. The van der Waals surface area contributed by atoms with Crippen molar-refractivity contribution >= 4 is 0 Å². The maximum absolute atomic E-state index is 9.86. The fourth-order valence-electron chi connectivity index (χ4n) is 1.80. The summed E-state index contributed by atoms with van der Waals surface area (Å²) in [6.07, 6.45) is -0.871. The number of aliphatic hydroxyl groups is 2. The maximum atomic E-state index is 9.86. The second-order valence-electron chi connectivity index (χ2n) is 4.67. The van der Waals surface area contributed by atoms with Gasteiger partial charge in [0.25, 0.3) is 0 Å². The lowest BCUT2D eigenvalue weighted by atomic mass is 10.2. The Morgan fingerprint density at radius 1 is 1.14 bits per heavy atom. The molecule has 1 aromatic carbocycles. The quantitative estimate of drug-likeness (QED) is 0.671. The summed E-state index contributed by atoms with van der Waals surface area (Å²) in [5, 5.41) is 19.2. The minimum absolute atomic E-state index is 0.0487. The van der Waals surface area contributed by atoms with Gasteiger partial charge in [0.2, 0.25) is 0 Å². The molecule has 1 rings (SSSR count). The Balaban J connectivity index is 2.51. The summed E-state index contributed by atoms with van der Waals surface area (Å²) in [6.45, 7) is 2.36. The number of ether oxygens (including phenoxy) is 4. The van der Waals surface area contributed by atoms with Gasteiger partial charge < -0.3 is 29.2 Å². The molecule has 0 aromatic heterocycles. The van der Waals surface area contributed by atoms with E-state index in [2.05, 4.69) is 0 Å². The van der Waals surface area contributed by atoms with E-state index >= 15 is 0 Å². The molecule has 6 heteroatoms. The van der Waals surface area contributed by atoms with Crippen molar-refractivity contribution in [3.63, 3.8) is 0 Å². The SMILES string of the molecule is COCC(C)OCC(O)COc1c(CO)cccc1OC. The van der Waals surface area contributed by atoms with Gasteiger partial charge in [-0.1, -0.05) is 12.1 Å². The van der Waals surface area contributed by atoms with Gasteiger partial charge in [0, 0.05) is 12.7 Å². The van der Waals surface area contributed by atoms with Gasteiger partial charge >= 0.3 is 0 Å². The lowest BCUT2D eigenvalue weighted by Crippen LogP contribution is -2.27. The van der Waals surface area contributed by atoms with E-state index in [1.54, 1.807) is 25.3 Å². The maximum Gasteiger partial charge on any atom is 0.166 e. The third-order valence-corrected chi connectivity index (χ3v) is 2.85. The summed E-state index contributed by atoms with van der Waals surface area (Å²) in [4.78, 5) is 0. The van der Waals surface area contributed by atoms with Gasteiger partial charge in [-0.15, -0.1) is 0 Å². The highest BCUT2D eigenvalue weighted by molar-refractivity contribution is 5.46. The normalized spacial score (nSPS) is 13.8. The Labute approximate surface area is 125 Å². The number of hydrogen-bond donors (Lipinski definition) is 2. The molecular weight excluding hydrogens is 276 g/mol. The van der Waals surface area contributed by atoms with Crippen molar-refractivity contribution in [1.29, 1.82) is 0 Å². The van der Waals surface area contributed by atoms with Crippen LogP contribution in [0.4, 0.5) is 0 Å². The zero-order valence-corrected chi connectivity index (χ0v) is 12.7. The fourth-order valence-corrected chi connectivity index (χ4v) is 1.80. The Hall–Kier alpha value is -1.34. The van der Waals surface area contributed by atoms with Gasteiger partial charge in [0.1, 0.15) is 12.7 Å². The summed E-state index contributed by atoms with van der Waals surface area (Å²) in [5.41, 5.74) is 0.607. The molecule has 6 nitrogen and oxygen atoms in total. The van der Waals surface area contributed by atoms with Crippen molar-refractivity contribution in [1.82, 2.24) is 0 Å². The molecule has 0 spiro atoms. The zero-order valence-electron chi connectivity index (χ0n) is 12.7. The van der Waals surface area contributed by atoms with E-state index in [1.165, 1.54) is 7.11 Å². The number of methoxy groups -OCH3 is 2. The lowest BCUT2D eigenvalue weighted by molar-refractivity contribution is -0.0426. The molecule has 0 bridgehead atoms. The first-order chi connectivity index (χ1) is 10.1. The van der Waals surface area contributed by atoms with Crippen LogP contribution in [0, 0.1) is 0 Å².